The quantitative estimate of drug-likeness (QED) is 0.524. The lowest BCUT2D eigenvalue weighted by Gasteiger charge is -2.44. The Balaban J connectivity index is 0.000000433. The van der Waals surface area contributed by atoms with Crippen LogP contribution in [0, 0.1) is 0 Å². The highest BCUT2D eigenvalue weighted by Crippen LogP contribution is 2.61. The second-order valence-corrected chi connectivity index (χ2v) is 10.9. The van der Waals surface area contributed by atoms with E-state index in [1.54, 1.807) is 77.0 Å². The Bertz CT molecular complexity index is 285. The highest BCUT2D eigenvalue weighted by Gasteiger charge is 2.36. The average Bonchev–Trinajstić information content (AvgIpc) is 2.58. The molecule has 3 aliphatic carbocycles. The lowest BCUT2D eigenvalue weighted by molar-refractivity contribution is 0.220. The van der Waals surface area contributed by atoms with Crippen LogP contribution in [0.25, 0.3) is 0 Å². The van der Waals surface area contributed by atoms with Crippen molar-refractivity contribution in [3.05, 3.63) is 0 Å². The molecule has 3 fully saturated rings. The molecule has 0 radical (unpaired) electrons. The van der Waals surface area contributed by atoms with Gasteiger partial charge in [0, 0.05) is 0 Å². The molecular weight excluding hydrogens is 302 g/mol. The Morgan fingerprint density at radius 2 is 0.870 bits per heavy atom. The normalized spacial score (nSPS) is 24.9. The van der Waals surface area contributed by atoms with Crippen LogP contribution in [-0.4, -0.2) is 35.8 Å². The van der Waals surface area contributed by atoms with Crippen molar-refractivity contribution in [2.24, 2.45) is 0 Å². The fraction of sp³-hybridized carbons (Fsp3) is 0.947. The highest BCUT2D eigenvalue weighted by atomic mass is 31.1. The third-order valence-corrected chi connectivity index (χ3v) is 10.1. The summed E-state index contributed by atoms with van der Waals surface area (Å²) in [7, 11) is 1.47. The zero-order valence-electron chi connectivity index (χ0n) is 15.1. The zero-order valence-corrected chi connectivity index (χ0v) is 16.0. The van der Waals surface area contributed by atoms with Gasteiger partial charge in [-0.2, -0.15) is 0 Å². The summed E-state index contributed by atoms with van der Waals surface area (Å²) in [6.07, 6.45) is 23.6. The van der Waals surface area contributed by atoms with Crippen LogP contribution in [0.1, 0.15) is 96.3 Å². The van der Waals surface area contributed by atoms with Crippen molar-refractivity contribution in [1.29, 1.82) is 0 Å². The van der Waals surface area contributed by atoms with Crippen LogP contribution in [0.5, 0.6) is 0 Å². The van der Waals surface area contributed by atoms with Crippen molar-refractivity contribution >= 4 is 21.6 Å². The predicted molar refractivity (Wildman–Crippen MR) is 104 cm³/mol. The van der Waals surface area contributed by atoms with Gasteiger partial charge in [-0.3, -0.25) is 4.79 Å². The third kappa shape index (κ3) is 6.77. The van der Waals surface area contributed by atoms with Gasteiger partial charge in [-0.25, -0.2) is 0 Å². The first kappa shape index (κ1) is 19.3. The molecule has 0 bridgehead atoms. The van der Waals surface area contributed by atoms with E-state index in [4.69, 9.17) is 9.90 Å². The molecule has 2 nitrogen and oxygen atoms in total. The Kier molecular flexibility index (Phi) is 9.02. The summed E-state index contributed by atoms with van der Waals surface area (Å²) >= 11 is 0. The van der Waals surface area contributed by atoms with Crippen molar-refractivity contribution in [3.63, 3.8) is 0 Å². The number of hydrogen-bond acceptors (Lipinski definition) is 1. The molecule has 0 spiro atoms. The van der Waals surface area contributed by atoms with Gasteiger partial charge in [0.05, 0.1) is 0 Å². The van der Waals surface area contributed by atoms with E-state index >= 15 is 0 Å². The van der Waals surface area contributed by atoms with E-state index in [1.807, 2.05) is 0 Å². The van der Waals surface area contributed by atoms with Gasteiger partial charge in [0.25, 0.3) is 0 Å². The van der Waals surface area contributed by atoms with Gasteiger partial charge in [0.1, 0.15) is 0 Å². The lowest BCUT2D eigenvalue weighted by Crippen LogP contribution is -2.28. The first-order chi connectivity index (χ1) is 11.2. The summed E-state index contributed by atoms with van der Waals surface area (Å²) in [4.78, 5) is 9.00. The van der Waals surface area contributed by atoms with Crippen LogP contribution >= 0.6 is 7.92 Å². The van der Waals surface area contributed by atoms with E-state index in [9.17, 15) is 0 Å². The molecule has 1 N–H and O–H groups in total. The van der Waals surface area contributed by atoms with Crippen LogP contribution in [0.15, 0.2) is 0 Å². The van der Waals surface area contributed by atoms with E-state index in [0.717, 1.165) is 7.85 Å². The smallest absolute Gasteiger partial charge is 0.242 e. The third-order valence-electron chi connectivity index (χ3n) is 5.99. The summed E-state index contributed by atoms with van der Waals surface area (Å²) in [6, 6.07) is 0. The minimum absolute atomic E-state index is 0.385. The van der Waals surface area contributed by atoms with Crippen LogP contribution in [0.2, 0.25) is 0 Å². The topological polar surface area (TPSA) is 37.3 Å². The SMILES string of the molecule is BC(=O)O.C1CCC(P(C2CCCCC2)C2CCCCC2)CC1. The van der Waals surface area contributed by atoms with Crippen molar-refractivity contribution in [2.75, 3.05) is 0 Å². The number of carboxylic acid groups (broad SMARTS) is 1. The second-order valence-electron chi connectivity index (χ2n) is 7.84. The predicted octanol–water partition coefficient (Wildman–Crippen LogP) is 5.76. The van der Waals surface area contributed by atoms with Gasteiger partial charge < -0.3 is 5.11 Å². The molecule has 4 heteroatoms. The van der Waals surface area contributed by atoms with E-state index in [0.29, 0.717) is 7.92 Å². The highest BCUT2D eigenvalue weighted by molar-refractivity contribution is 7.60. The summed E-state index contributed by atoms with van der Waals surface area (Å²) in [5.74, 6) is -0.833. The summed E-state index contributed by atoms with van der Waals surface area (Å²) in [5.41, 5.74) is 3.57. The standard InChI is InChI=1S/C18H33P.CH3BO2/c1-4-10-16(11-5-1)19(17-12-6-2-7-13-17)18-14-8-3-9-15-18;2-1(3)4/h16-18H,1-15H2;2H2,(H,3,4). The maximum Gasteiger partial charge on any atom is 0.242 e. The molecule has 3 saturated carbocycles. The van der Waals surface area contributed by atoms with E-state index < -0.39 is 5.87 Å². The van der Waals surface area contributed by atoms with Gasteiger partial charge in [-0.1, -0.05) is 65.7 Å². The van der Waals surface area contributed by atoms with Gasteiger partial charge in [-0.15, -0.1) is 0 Å². The molecule has 0 amide bonds. The molecule has 0 aromatic rings. The minimum atomic E-state index is -0.833. The van der Waals surface area contributed by atoms with Crippen molar-refractivity contribution in [3.8, 4) is 0 Å². The average molecular weight is 338 g/mol. The van der Waals surface area contributed by atoms with Crippen LogP contribution in [0.4, 0.5) is 4.79 Å². The Morgan fingerprint density at radius 1 is 0.652 bits per heavy atom. The van der Waals surface area contributed by atoms with Crippen LogP contribution in [-0.2, 0) is 0 Å². The maximum absolute atomic E-state index is 9.00. The number of carbonyl (C=O) groups is 1. The first-order valence-electron chi connectivity index (χ1n) is 10.2. The summed E-state index contributed by atoms with van der Waals surface area (Å²) in [6.45, 7) is 0. The molecule has 0 saturated heterocycles. The Morgan fingerprint density at radius 3 is 1.09 bits per heavy atom. The molecule has 0 atom stereocenters. The molecular formula is C19H36BO2P. The van der Waals surface area contributed by atoms with Crippen molar-refractivity contribution in [2.45, 2.75) is 113 Å². The van der Waals surface area contributed by atoms with Gasteiger partial charge in [0.2, 0.25) is 13.7 Å². The molecule has 23 heavy (non-hydrogen) atoms. The number of rotatable bonds is 3. The fourth-order valence-electron chi connectivity index (χ4n) is 5.03. The zero-order chi connectivity index (χ0) is 16.5. The Labute approximate surface area is 145 Å². The first-order valence-corrected chi connectivity index (χ1v) is 11.7. The van der Waals surface area contributed by atoms with Gasteiger partial charge in [-0.05, 0) is 55.5 Å². The monoisotopic (exact) mass is 338 g/mol. The van der Waals surface area contributed by atoms with Crippen molar-refractivity contribution in [1.82, 2.24) is 0 Å². The van der Waals surface area contributed by atoms with E-state index in [1.165, 1.54) is 36.2 Å². The van der Waals surface area contributed by atoms with Gasteiger partial charge in [0.15, 0.2) is 0 Å². The maximum atomic E-state index is 9.00. The molecule has 0 aliphatic heterocycles. The van der Waals surface area contributed by atoms with E-state index in [2.05, 4.69) is 0 Å². The minimum Gasteiger partial charge on any atom is -0.490 e. The molecule has 3 aliphatic rings. The summed E-state index contributed by atoms with van der Waals surface area (Å²) < 4.78 is 0. The Hall–Kier alpha value is -0.0351. The van der Waals surface area contributed by atoms with Crippen LogP contribution < -0.4 is 0 Å². The summed E-state index contributed by atoms with van der Waals surface area (Å²) in [5, 5.41) is 7.42. The number of hydrogen-bond donors (Lipinski definition) is 1. The van der Waals surface area contributed by atoms with Crippen LogP contribution in [0.3, 0.4) is 0 Å². The van der Waals surface area contributed by atoms with Gasteiger partial charge >= 0.3 is 0 Å². The van der Waals surface area contributed by atoms with Crippen molar-refractivity contribution < 1.29 is 9.90 Å². The molecule has 132 valence electrons. The molecule has 0 unspecified atom stereocenters. The molecule has 0 heterocycles. The molecule has 0 aromatic heterocycles. The second kappa shape index (κ2) is 10.8. The largest absolute Gasteiger partial charge is 0.490 e. The fourth-order valence-corrected chi connectivity index (χ4v) is 9.71. The molecule has 3 rings (SSSR count). The van der Waals surface area contributed by atoms with E-state index in [-0.39, 0.29) is 0 Å². The lowest BCUT2D eigenvalue weighted by atomic mass is 9.99. The molecule has 0 aromatic carbocycles.